The lowest BCUT2D eigenvalue weighted by Gasteiger charge is -2.32. The highest BCUT2D eigenvalue weighted by molar-refractivity contribution is 5.86. The number of hydrogen-bond donors (Lipinski definition) is 0. The van der Waals surface area contributed by atoms with Crippen molar-refractivity contribution < 1.29 is 4.79 Å². The minimum atomic E-state index is -0.114. The molecule has 0 radical (unpaired) electrons. The van der Waals surface area contributed by atoms with E-state index in [2.05, 4.69) is 27.7 Å². The molecule has 0 bridgehead atoms. The number of hydrogen-bond acceptors (Lipinski definition) is 1. The van der Waals surface area contributed by atoms with Gasteiger partial charge in [-0.1, -0.05) is 47.0 Å². The van der Waals surface area contributed by atoms with E-state index in [1.54, 1.807) is 0 Å². The lowest BCUT2D eigenvalue weighted by atomic mass is 9.71. The monoisotopic (exact) mass is 210 g/mol. The molecular weight excluding hydrogens is 184 g/mol. The normalized spacial score (nSPS) is 21.3. The Bertz CT molecular complexity index is 211. The lowest BCUT2D eigenvalue weighted by Crippen LogP contribution is -2.33. The molecule has 0 aliphatic heterocycles. The standard InChI is InChI=1S/C14H26O/c1-5-14(3,4)13(15)11(2)12-9-7-6-8-10-12/h11-12H,5-10H2,1-4H3. The van der Waals surface area contributed by atoms with Crippen LogP contribution in [0.15, 0.2) is 0 Å². The van der Waals surface area contributed by atoms with E-state index in [-0.39, 0.29) is 11.3 Å². The van der Waals surface area contributed by atoms with Crippen molar-refractivity contribution in [1.82, 2.24) is 0 Å². The Morgan fingerprint density at radius 3 is 2.27 bits per heavy atom. The molecule has 0 N–H and O–H groups in total. The Morgan fingerprint density at radius 1 is 1.27 bits per heavy atom. The summed E-state index contributed by atoms with van der Waals surface area (Å²) >= 11 is 0. The maximum atomic E-state index is 12.3. The summed E-state index contributed by atoms with van der Waals surface area (Å²) in [7, 11) is 0. The molecule has 1 saturated carbocycles. The summed E-state index contributed by atoms with van der Waals surface area (Å²) in [4.78, 5) is 12.3. The van der Waals surface area contributed by atoms with Crippen molar-refractivity contribution in [3.05, 3.63) is 0 Å². The molecule has 0 heterocycles. The third kappa shape index (κ3) is 3.06. The van der Waals surface area contributed by atoms with Gasteiger partial charge in [0.1, 0.15) is 5.78 Å². The summed E-state index contributed by atoms with van der Waals surface area (Å²) in [5.74, 6) is 1.43. The van der Waals surface area contributed by atoms with Crippen molar-refractivity contribution in [3.63, 3.8) is 0 Å². The van der Waals surface area contributed by atoms with E-state index >= 15 is 0 Å². The smallest absolute Gasteiger partial charge is 0.141 e. The maximum Gasteiger partial charge on any atom is 0.141 e. The molecule has 0 saturated heterocycles. The molecular formula is C14H26O. The molecule has 1 aliphatic rings. The third-order valence-electron chi connectivity index (χ3n) is 4.32. The molecule has 1 aliphatic carbocycles. The highest BCUT2D eigenvalue weighted by Gasteiger charge is 2.34. The molecule has 15 heavy (non-hydrogen) atoms. The van der Waals surface area contributed by atoms with E-state index in [1.807, 2.05) is 0 Å². The van der Waals surface area contributed by atoms with Gasteiger partial charge in [-0.25, -0.2) is 0 Å². The second-order valence-corrected chi connectivity index (χ2v) is 5.79. The highest BCUT2D eigenvalue weighted by atomic mass is 16.1. The molecule has 1 nitrogen and oxygen atoms in total. The Hall–Kier alpha value is -0.330. The second-order valence-electron chi connectivity index (χ2n) is 5.79. The second kappa shape index (κ2) is 5.14. The minimum absolute atomic E-state index is 0.114. The Kier molecular flexibility index (Phi) is 4.36. The fourth-order valence-corrected chi connectivity index (χ4v) is 2.64. The van der Waals surface area contributed by atoms with Crippen molar-refractivity contribution >= 4 is 5.78 Å². The molecule has 0 amide bonds. The van der Waals surface area contributed by atoms with Crippen LogP contribution in [-0.4, -0.2) is 5.78 Å². The van der Waals surface area contributed by atoms with Gasteiger partial charge in [0.2, 0.25) is 0 Å². The summed E-state index contributed by atoms with van der Waals surface area (Å²) in [6, 6.07) is 0. The SMILES string of the molecule is CCC(C)(C)C(=O)C(C)C1CCCCC1. The van der Waals surface area contributed by atoms with E-state index in [0.717, 1.165) is 6.42 Å². The van der Waals surface area contributed by atoms with Crippen molar-refractivity contribution in [2.24, 2.45) is 17.3 Å². The zero-order chi connectivity index (χ0) is 11.5. The van der Waals surface area contributed by atoms with Gasteiger partial charge in [-0.2, -0.15) is 0 Å². The average Bonchev–Trinajstić information content (AvgIpc) is 2.28. The van der Waals surface area contributed by atoms with E-state index in [4.69, 9.17) is 0 Å². The predicted octanol–water partition coefficient (Wildman–Crippen LogP) is 4.21. The van der Waals surface area contributed by atoms with Gasteiger partial charge in [0.25, 0.3) is 0 Å². The molecule has 1 heteroatoms. The zero-order valence-electron chi connectivity index (χ0n) is 10.8. The van der Waals surface area contributed by atoms with E-state index in [0.29, 0.717) is 11.7 Å². The molecule has 0 aromatic heterocycles. The van der Waals surface area contributed by atoms with Crippen molar-refractivity contribution in [3.8, 4) is 0 Å². The van der Waals surface area contributed by atoms with Crippen molar-refractivity contribution in [1.29, 1.82) is 0 Å². The molecule has 0 aromatic rings. The summed E-state index contributed by atoms with van der Waals surface area (Å²) < 4.78 is 0. The third-order valence-corrected chi connectivity index (χ3v) is 4.32. The number of ketones is 1. The minimum Gasteiger partial charge on any atom is -0.299 e. The summed E-state index contributed by atoms with van der Waals surface area (Å²) in [6.45, 7) is 8.45. The van der Waals surface area contributed by atoms with Gasteiger partial charge in [0, 0.05) is 11.3 Å². The number of Topliss-reactive ketones (excluding diaryl/α,β-unsaturated/α-hetero) is 1. The van der Waals surface area contributed by atoms with Gasteiger partial charge in [-0.05, 0) is 25.2 Å². The van der Waals surface area contributed by atoms with Gasteiger partial charge in [0.15, 0.2) is 0 Å². The Morgan fingerprint density at radius 2 is 1.80 bits per heavy atom. The van der Waals surface area contributed by atoms with Crippen LogP contribution in [-0.2, 0) is 4.79 Å². The summed E-state index contributed by atoms with van der Waals surface area (Å²) in [6.07, 6.45) is 7.53. The Balaban J connectivity index is 2.58. The first-order chi connectivity index (χ1) is 6.99. The van der Waals surface area contributed by atoms with Crippen LogP contribution in [0, 0.1) is 17.3 Å². The molecule has 88 valence electrons. The molecule has 1 atom stereocenters. The topological polar surface area (TPSA) is 17.1 Å². The molecule has 1 rings (SSSR count). The van der Waals surface area contributed by atoms with Crippen LogP contribution in [0.2, 0.25) is 0 Å². The van der Waals surface area contributed by atoms with Crippen LogP contribution in [0.5, 0.6) is 0 Å². The highest BCUT2D eigenvalue weighted by Crippen LogP contribution is 2.35. The van der Waals surface area contributed by atoms with Crippen LogP contribution in [0.25, 0.3) is 0 Å². The first kappa shape index (κ1) is 12.7. The lowest BCUT2D eigenvalue weighted by molar-refractivity contribution is -0.133. The first-order valence-corrected chi connectivity index (χ1v) is 6.53. The van der Waals surface area contributed by atoms with Gasteiger partial charge < -0.3 is 0 Å². The van der Waals surface area contributed by atoms with E-state index in [9.17, 15) is 4.79 Å². The fraction of sp³-hybridized carbons (Fsp3) is 0.929. The predicted molar refractivity (Wildman–Crippen MR) is 64.8 cm³/mol. The molecule has 0 spiro atoms. The van der Waals surface area contributed by atoms with Crippen LogP contribution in [0.4, 0.5) is 0 Å². The van der Waals surface area contributed by atoms with Gasteiger partial charge in [-0.15, -0.1) is 0 Å². The van der Waals surface area contributed by atoms with Crippen LogP contribution in [0.1, 0.15) is 66.2 Å². The number of carbonyl (C=O) groups is 1. The first-order valence-electron chi connectivity index (χ1n) is 6.53. The molecule has 0 aromatic carbocycles. The van der Waals surface area contributed by atoms with Crippen LogP contribution < -0.4 is 0 Å². The van der Waals surface area contributed by atoms with E-state index in [1.165, 1.54) is 32.1 Å². The number of carbonyl (C=O) groups excluding carboxylic acids is 1. The Labute approximate surface area is 94.6 Å². The van der Waals surface area contributed by atoms with Crippen LogP contribution >= 0.6 is 0 Å². The van der Waals surface area contributed by atoms with E-state index < -0.39 is 0 Å². The largest absolute Gasteiger partial charge is 0.299 e. The van der Waals surface area contributed by atoms with Gasteiger partial charge in [0.05, 0.1) is 0 Å². The average molecular weight is 210 g/mol. The van der Waals surface area contributed by atoms with Gasteiger partial charge in [-0.3, -0.25) is 4.79 Å². The fourth-order valence-electron chi connectivity index (χ4n) is 2.64. The van der Waals surface area contributed by atoms with Crippen molar-refractivity contribution in [2.75, 3.05) is 0 Å². The van der Waals surface area contributed by atoms with Gasteiger partial charge >= 0.3 is 0 Å². The summed E-state index contributed by atoms with van der Waals surface area (Å²) in [5.41, 5.74) is -0.114. The quantitative estimate of drug-likeness (QED) is 0.679. The zero-order valence-corrected chi connectivity index (χ0v) is 10.8. The summed E-state index contributed by atoms with van der Waals surface area (Å²) in [5, 5.41) is 0. The van der Waals surface area contributed by atoms with Crippen LogP contribution in [0.3, 0.4) is 0 Å². The van der Waals surface area contributed by atoms with Crippen molar-refractivity contribution in [2.45, 2.75) is 66.2 Å². The number of rotatable bonds is 4. The molecule has 1 unspecified atom stereocenters. The maximum absolute atomic E-state index is 12.3. The molecule has 1 fully saturated rings.